The summed E-state index contributed by atoms with van der Waals surface area (Å²) in [5.74, 6) is -0.0785. The van der Waals surface area contributed by atoms with Crippen LogP contribution in [-0.4, -0.2) is 35.0 Å². The van der Waals surface area contributed by atoms with Gasteiger partial charge in [-0.2, -0.15) is 0 Å². The molecule has 0 fully saturated rings. The Labute approximate surface area is 106 Å². The lowest BCUT2D eigenvalue weighted by molar-refractivity contribution is 0.0960. The predicted octanol–water partition coefficient (Wildman–Crippen LogP) is 0.353. The van der Waals surface area contributed by atoms with Crippen molar-refractivity contribution >= 4 is 15.9 Å². The molecule has 100 valence electrons. The van der Waals surface area contributed by atoms with Crippen LogP contribution in [-0.2, 0) is 10.0 Å². The summed E-state index contributed by atoms with van der Waals surface area (Å²) in [5.41, 5.74) is 0.180. The van der Waals surface area contributed by atoms with Crippen LogP contribution >= 0.6 is 0 Å². The van der Waals surface area contributed by atoms with Gasteiger partial charge in [0.2, 0.25) is 10.0 Å². The Morgan fingerprint density at radius 3 is 2.56 bits per heavy atom. The monoisotopic (exact) mass is 272 g/mol. The van der Waals surface area contributed by atoms with E-state index in [1.807, 2.05) is 0 Å². The topological polar surface area (TPSA) is 84.5 Å². The zero-order chi connectivity index (χ0) is 13.8. The molecule has 0 spiro atoms. The van der Waals surface area contributed by atoms with E-state index in [9.17, 15) is 13.2 Å². The maximum atomic E-state index is 11.8. The molecular weight excluding hydrogens is 256 g/mol. The minimum Gasteiger partial charge on any atom is -0.496 e. The van der Waals surface area contributed by atoms with Crippen molar-refractivity contribution in [3.05, 3.63) is 23.8 Å². The second kappa shape index (κ2) is 5.83. The zero-order valence-electron chi connectivity index (χ0n) is 10.5. The number of hydrogen-bond acceptors (Lipinski definition) is 4. The van der Waals surface area contributed by atoms with Crippen LogP contribution in [0.5, 0.6) is 5.75 Å². The van der Waals surface area contributed by atoms with Gasteiger partial charge in [-0.1, -0.05) is 6.92 Å². The maximum absolute atomic E-state index is 11.8. The van der Waals surface area contributed by atoms with Crippen LogP contribution in [0, 0.1) is 0 Å². The van der Waals surface area contributed by atoms with E-state index in [0.29, 0.717) is 5.75 Å². The van der Waals surface area contributed by atoms with Crippen molar-refractivity contribution in [3.63, 3.8) is 0 Å². The summed E-state index contributed by atoms with van der Waals surface area (Å²) in [4.78, 5) is 11.7. The summed E-state index contributed by atoms with van der Waals surface area (Å²) in [6, 6.07) is 4.13. The van der Waals surface area contributed by atoms with Gasteiger partial charge in [0.15, 0.2) is 0 Å². The summed E-state index contributed by atoms with van der Waals surface area (Å²) in [6.07, 6.45) is 0. The first-order chi connectivity index (χ1) is 8.46. The SMILES string of the molecule is CCNS(=O)(=O)c1ccc(OC)c(C(=O)NC)c1. The second-order valence-electron chi connectivity index (χ2n) is 3.44. The van der Waals surface area contributed by atoms with E-state index in [4.69, 9.17) is 4.74 Å². The lowest BCUT2D eigenvalue weighted by Crippen LogP contribution is -2.24. The van der Waals surface area contributed by atoms with Gasteiger partial charge in [-0.15, -0.1) is 0 Å². The molecule has 18 heavy (non-hydrogen) atoms. The molecule has 2 N–H and O–H groups in total. The molecule has 1 aromatic carbocycles. The normalized spacial score (nSPS) is 11.1. The van der Waals surface area contributed by atoms with E-state index in [1.54, 1.807) is 6.92 Å². The number of sulfonamides is 1. The first-order valence-corrected chi connectivity index (χ1v) is 6.84. The van der Waals surface area contributed by atoms with Crippen molar-refractivity contribution in [3.8, 4) is 5.75 Å². The summed E-state index contributed by atoms with van der Waals surface area (Å²) < 4.78 is 31.0. The van der Waals surface area contributed by atoms with Gasteiger partial charge < -0.3 is 10.1 Å². The molecule has 0 aliphatic heterocycles. The molecule has 0 aromatic heterocycles. The van der Waals surface area contributed by atoms with E-state index >= 15 is 0 Å². The highest BCUT2D eigenvalue weighted by molar-refractivity contribution is 7.89. The highest BCUT2D eigenvalue weighted by Crippen LogP contribution is 2.22. The Morgan fingerprint density at radius 2 is 2.06 bits per heavy atom. The number of nitrogens with one attached hydrogen (secondary N) is 2. The summed E-state index contributed by atoms with van der Waals surface area (Å²) in [7, 11) is -0.703. The van der Waals surface area contributed by atoms with Crippen molar-refractivity contribution in [2.75, 3.05) is 20.7 Å². The van der Waals surface area contributed by atoms with E-state index in [2.05, 4.69) is 10.0 Å². The smallest absolute Gasteiger partial charge is 0.254 e. The van der Waals surface area contributed by atoms with E-state index in [0.717, 1.165) is 0 Å². The fourth-order valence-electron chi connectivity index (χ4n) is 1.44. The number of benzene rings is 1. The van der Waals surface area contributed by atoms with E-state index < -0.39 is 15.9 Å². The summed E-state index contributed by atoms with van der Waals surface area (Å²) >= 11 is 0. The van der Waals surface area contributed by atoms with Crippen LogP contribution in [0.1, 0.15) is 17.3 Å². The van der Waals surface area contributed by atoms with Gasteiger partial charge in [0.05, 0.1) is 17.6 Å². The number of carbonyl (C=O) groups excluding carboxylic acids is 1. The molecule has 0 atom stereocenters. The minimum absolute atomic E-state index is 0.0313. The van der Waals surface area contributed by atoms with Crippen LogP contribution in [0.15, 0.2) is 23.1 Å². The third kappa shape index (κ3) is 2.99. The van der Waals surface area contributed by atoms with Gasteiger partial charge in [0.1, 0.15) is 5.75 Å². The lowest BCUT2D eigenvalue weighted by Gasteiger charge is -2.10. The Kier molecular flexibility index (Phi) is 4.69. The van der Waals surface area contributed by atoms with Crippen molar-refractivity contribution in [1.29, 1.82) is 0 Å². The molecule has 0 aliphatic carbocycles. The molecule has 1 aromatic rings. The Morgan fingerprint density at radius 1 is 1.39 bits per heavy atom. The molecule has 6 nitrogen and oxygen atoms in total. The van der Waals surface area contributed by atoms with Crippen molar-refractivity contribution in [2.24, 2.45) is 0 Å². The highest BCUT2D eigenvalue weighted by atomic mass is 32.2. The third-order valence-corrected chi connectivity index (χ3v) is 3.83. The minimum atomic E-state index is -3.59. The van der Waals surface area contributed by atoms with Gasteiger partial charge in [-0.25, -0.2) is 13.1 Å². The molecule has 0 bridgehead atoms. The van der Waals surface area contributed by atoms with E-state index in [-0.39, 0.29) is 17.0 Å². The summed E-state index contributed by atoms with van der Waals surface area (Å²) in [5, 5.41) is 2.43. The average molecular weight is 272 g/mol. The quantitative estimate of drug-likeness (QED) is 0.810. The molecule has 7 heteroatoms. The molecule has 0 unspecified atom stereocenters. The first kappa shape index (κ1) is 14.5. The Hall–Kier alpha value is -1.60. The highest BCUT2D eigenvalue weighted by Gasteiger charge is 2.18. The third-order valence-electron chi connectivity index (χ3n) is 2.29. The standard InChI is InChI=1S/C11H16N2O4S/c1-4-13-18(15,16)8-5-6-10(17-3)9(7-8)11(14)12-2/h5-7,13H,4H2,1-3H3,(H,12,14). The molecule has 1 rings (SSSR count). The van der Waals surface area contributed by atoms with Gasteiger partial charge in [0, 0.05) is 13.6 Å². The molecule has 0 saturated carbocycles. The predicted molar refractivity (Wildman–Crippen MR) is 67.2 cm³/mol. The Balaban J connectivity index is 3.31. The van der Waals surface area contributed by atoms with Crippen LogP contribution in [0.3, 0.4) is 0 Å². The van der Waals surface area contributed by atoms with Crippen LogP contribution < -0.4 is 14.8 Å². The summed E-state index contributed by atoms with van der Waals surface area (Å²) in [6.45, 7) is 1.96. The molecule has 0 heterocycles. The number of rotatable bonds is 5. The van der Waals surface area contributed by atoms with Crippen molar-refractivity contribution in [1.82, 2.24) is 10.0 Å². The maximum Gasteiger partial charge on any atom is 0.254 e. The molecule has 1 amide bonds. The van der Waals surface area contributed by atoms with Crippen LogP contribution in [0.2, 0.25) is 0 Å². The lowest BCUT2D eigenvalue weighted by atomic mass is 10.2. The zero-order valence-corrected chi connectivity index (χ0v) is 11.3. The van der Waals surface area contributed by atoms with Crippen molar-refractivity contribution < 1.29 is 17.9 Å². The van der Waals surface area contributed by atoms with Crippen LogP contribution in [0.25, 0.3) is 0 Å². The molecule has 0 aliphatic rings. The number of carbonyl (C=O) groups is 1. The first-order valence-electron chi connectivity index (χ1n) is 5.36. The fraction of sp³-hybridized carbons (Fsp3) is 0.364. The number of ether oxygens (including phenoxy) is 1. The average Bonchev–Trinajstić information content (AvgIpc) is 2.37. The molecular formula is C11H16N2O4S. The van der Waals surface area contributed by atoms with Gasteiger partial charge in [0.25, 0.3) is 5.91 Å². The molecule has 0 saturated heterocycles. The largest absolute Gasteiger partial charge is 0.496 e. The second-order valence-corrected chi connectivity index (χ2v) is 5.21. The van der Waals surface area contributed by atoms with Crippen molar-refractivity contribution in [2.45, 2.75) is 11.8 Å². The fourth-order valence-corrected chi connectivity index (χ4v) is 2.51. The van der Waals surface area contributed by atoms with E-state index in [1.165, 1.54) is 32.4 Å². The van der Waals surface area contributed by atoms with Gasteiger partial charge >= 0.3 is 0 Å². The van der Waals surface area contributed by atoms with Gasteiger partial charge in [-0.05, 0) is 18.2 Å². The number of methoxy groups -OCH3 is 1. The van der Waals surface area contributed by atoms with Gasteiger partial charge in [-0.3, -0.25) is 4.79 Å². The Bertz CT molecular complexity index is 540. The molecule has 0 radical (unpaired) electrons. The number of hydrogen-bond donors (Lipinski definition) is 2. The van der Waals surface area contributed by atoms with Crippen LogP contribution in [0.4, 0.5) is 0 Å². The number of amides is 1.